The predicted molar refractivity (Wildman–Crippen MR) is 80.2 cm³/mol. The van der Waals surface area contributed by atoms with Crippen LogP contribution >= 0.6 is 12.4 Å². The summed E-state index contributed by atoms with van der Waals surface area (Å²) in [7, 11) is 0. The van der Waals surface area contributed by atoms with Gasteiger partial charge in [0.2, 0.25) is 5.91 Å². The molecule has 20 heavy (non-hydrogen) atoms. The molecule has 1 amide bonds. The second-order valence-electron chi connectivity index (χ2n) is 5.56. The molecule has 0 spiro atoms. The third-order valence-corrected chi connectivity index (χ3v) is 4.03. The zero-order valence-electron chi connectivity index (χ0n) is 12.2. The Morgan fingerprint density at radius 1 is 1.50 bits per heavy atom. The number of ether oxygens (including phenoxy) is 2. The molecule has 0 aromatic rings. The van der Waals surface area contributed by atoms with Crippen LogP contribution in [-0.2, 0) is 14.3 Å². The van der Waals surface area contributed by atoms with Gasteiger partial charge in [-0.2, -0.15) is 0 Å². The first-order valence-corrected chi connectivity index (χ1v) is 7.45. The third-order valence-electron chi connectivity index (χ3n) is 4.03. The number of halogens is 1. The maximum absolute atomic E-state index is 11.8. The first-order valence-electron chi connectivity index (χ1n) is 7.45. The SMILES string of the molecule is CC(C(=O)NCCCOCC1CCCO1)C1CNC1.Cl. The third kappa shape index (κ3) is 5.56. The van der Waals surface area contributed by atoms with Crippen LogP contribution in [0.15, 0.2) is 0 Å². The van der Waals surface area contributed by atoms with Gasteiger partial charge in [-0.05, 0) is 38.3 Å². The van der Waals surface area contributed by atoms with Crippen LogP contribution in [0.25, 0.3) is 0 Å². The lowest BCUT2D eigenvalue weighted by atomic mass is 9.88. The number of carbonyl (C=O) groups is 1. The van der Waals surface area contributed by atoms with E-state index in [0.717, 1.165) is 39.0 Å². The van der Waals surface area contributed by atoms with Crippen molar-refractivity contribution < 1.29 is 14.3 Å². The lowest BCUT2D eigenvalue weighted by molar-refractivity contribution is -0.126. The normalized spacial score (nSPS) is 23.8. The summed E-state index contributed by atoms with van der Waals surface area (Å²) in [5.74, 6) is 0.801. The highest BCUT2D eigenvalue weighted by molar-refractivity contribution is 5.85. The fourth-order valence-electron chi connectivity index (χ4n) is 2.42. The second-order valence-corrected chi connectivity index (χ2v) is 5.56. The quantitative estimate of drug-likeness (QED) is 0.656. The molecule has 2 rings (SSSR count). The van der Waals surface area contributed by atoms with Crippen LogP contribution in [0.2, 0.25) is 0 Å². The minimum atomic E-state index is 0. The Morgan fingerprint density at radius 3 is 2.90 bits per heavy atom. The fourth-order valence-corrected chi connectivity index (χ4v) is 2.42. The van der Waals surface area contributed by atoms with Gasteiger partial charge in [-0.3, -0.25) is 4.79 Å². The predicted octanol–water partition coefficient (Wildman–Crippen LogP) is 0.966. The number of carbonyl (C=O) groups excluding carboxylic acids is 1. The van der Waals surface area contributed by atoms with Gasteiger partial charge in [0.25, 0.3) is 0 Å². The van der Waals surface area contributed by atoms with Crippen LogP contribution in [0, 0.1) is 11.8 Å². The number of rotatable bonds is 8. The molecule has 2 aliphatic heterocycles. The molecule has 2 aliphatic rings. The molecule has 2 atom stereocenters. The van der Waals surface area contributed by atoms with Crippen LogP contribution in [0.5, 0.6) is 0 Å². The first kappa shape index (κ1) is 17.7. The number of amides is 1. The highest BCUT2D eigenvalue weighted by atomic mass is 35.5. The summed E-state index contributed by atoms with van der Waals surface area (Å²) in [6.45, 7) is 6.91. The van der Waals surface area contributed by atoms with Crippen molar-refractivity contribution in [1.29, 1.82) is 0 Å². The average Bonchev–Trinajstić information content (AvgIpc) is 2.84. The summed E-state index contributed by atoms with van der Waals surface area (Å²) in [5, 5.41) is 6.18. The molecule has 0 aromatic carbocycles. The Balaban J connectivity index is 0.00000200. The molecule has 0 radical (unpaired) electrons. The Morgan fingerprint density at radius 2 is 2.30 bits per heavy atom. The maximum Gasteiger partial charge on any atom is 0.223 e. The van der Waals surface area contributed by atoms with Crippen molar-refractivity contribution in [2.24, 2.45) is 11.8 Å². The Labute approximate surface area is 127 Å². The lowest BCUT2D eigenvalue weighted by Crippen LogP contribution is -2.49. The van der Waals surface area contributed by atoms with E-state index in [2.05, 4.69) is 10.6 Å². The van der Waals surface area contributed by atoms with Crippen molar-refractivity contribution in [3.63, 3.8) is 0 Å². The summed E-state index contributed by atoms with van der Waals surface area (Å²) >= 11 is 0. The van der Waals surface area contributed by atoms with E-state index < -0.39 is 0 Å². The van der Waals surface area contributed by atoms with Gasteiger partial charge in [0.1, 0.15) is 0 Å². The van der Waals surface area contributed by atoms with Crippen LogP contribution in [0.4, 0.5) is 0 Å². The summed E-state index contributed by atoms with van der Waals surface area (Å²) in [5.41, 5.74) is 0. The highest BCUT2D eigenvalue weighted by Gasteiger charge is 2.28. The zero-order valence-corrected chi connectivity index (χ0v) is 13.0. The molecule has 0 saturated carbocycles. The maximum atomic E-state index is 11.8. The van der Waals surface area contributed by atoms with E-state index in [1.807, 2.05) is 6.92 Å². The van der Waals surface area contributed by atoms with Gasteiger partial charge < -0.3 is 20.1 Å². The minimum Gasteiger partial charge on any atom is -0.379 e. The first-order chi connectivity index (χ1) is 9.27. The van der Waals surface area contributed by atoms with E-state index in [4.69, 9.17) is 9.47 Å². The van der Waals surface area contributed by atoms with Crippen molar-refractivity contribution >= 4 is 18.3 Å². The summed E-state index contributed by atoms with van der Waals surface area (Å²) < 4.78 is 11.0. The van der Waals surface area contributed by atoms with Gasteiger partial charge in [-0.15, -0.1) is 12.4 Å². The van der Waals surface area contributed by atoms with E-state index in [0.29, 0.717) is 31.8 Å². The molecule has 2 fully saturated rings. The molecule has 6 heteroatoms. The van der Waals surface area contributed by atoms with Crippen molar-refractivity contribution in [1.82, 2.24) is 10.6 Å². The highest BCUT2D eigenvalue weighted by Crippen LogP contribution is 2.15. The summed E-state index contributed by atoms with van der Waals surface area (Å²) in [6.07, 6.45) is 3.43. The fraction of sp³-hybridized carbons (Fsp3) is 0.929. The molecule has 2 saturated heterocycles. The van der Waals surface area contributed by atoms with Crippen molar-refractivity contribution in [3.05, 3.63) is 0 Å². The van der Waals surface area contributed by atoms with Crippen LogP contribution < -0.4 is 10.6 Å². The summed E-state index contributed by atoms with van der Waals surface area (Å²) in [6, 6.07) is 0. The number of nitrogens with one attached hydrogen (secondary N) is 2. The Kier molecular flexibility index (Phi) is 8.45. The van der Waals surface area contributed by atoms with Crippen molar-refractivity contribution in [3.8, 4) is 0 Å². The molecule has 5 nitrogen and oxygen atoms in total. The lowest BCUT2D eigenvalue weighted by Gasteiger charge is -2.31. The molecule has 2 heterocycles. The van der Waals surface area contributed by atoms with Gasteiger partial charge in [0.05, 0.1) is 12.7 Å². The van der Waals surface area contributed by atoms with Gasteiger partial charge >= 0.3 is 0 Å². The molecular formula is C14H27ClN2O3. The standard InChI is InChI=1S/C14H26N2O3.ClH/c1-11(12-8-15-9-12)14(17)16-5-3-6-18-10-13-4-2-7-19-13;/h11-13,15H,2-10H2,1H3,(H,16,17);1H. The summed E-state index contributed by atoms with van der Waals surface area (Å²) in [4.78, 5) is 11.8. The van der Waals surface area contributed by atoms with Gasteiger partial charge in [0, 0.05) is 25.7 Å². The van der Waals surface area contributed by atoms with E-state index in [-0.39, 0.29) is 24.2 Å². The Bertz CT molecular complexity index is 282. The van der Waals surface area contributed by atoms with E-state index in [1.54, 1.807) is 0 Å². The molecular weight excluding hydrogens is 280 g/mol. The topological polar surface area (TPSA) is 59.6 Å². The minimum absolute atomic E-state index is 0. The van der Waals surface area contributed by atoms with E-state index in [9.17, 15) is 4.79 Å². The number of hydrogen-bond acceptors (Lipinski definition) is 4. The van der Waals surface area contributed by atoms with Gasteiger partial charge in [-0.1, -0.05) is 6.92 Å². The van der Waals surface area contributed by atoms with Gasteiger partial charge in [0.15, 0.2) is 0 Å². The largest absolute Gasteiger partial charge is 0.379 e. The van der Waals surface area contributed by atoms with Crippen molar-refractivity contribution in [2.75, 3.05) is 39.5 Å². The molecule has 0 aromatic heterocycles. The molecule has 2 N–H and O–H groups in total. The molecule has 0 bridgehead atoms. The molecule has 118 valence electrons. The Hall–Kier alpha value is -0.360. The average molecular weight is 307 g/mol. The smallest absolute Gasteiger partial charge is 0.223 e. The van der Waals surface area contributed by atoms with Crippen LogP contribution in [0.1, 0.15) is 26.2 Å². The second kappa shape index (κ2) is 9.55. The van der Waals surface area contributed by atoms with Crippen LogP contribution in [-0.4, -0.2) is 51.5 Å². The van der Waals surface area contributed by atoms with E-state index >= 15 is 0 Å². The van der Waals surface area contributed by atoms with E-state index in [1.165, 1.54) is 0 Å². The number of hydrogen-bond donors (Lipinski definition) is 2. The zero-order chi connectivity index (χ0) is 13.5. The van der Waals surface area contributed by atoms with Crippen LogP contribution in [0.3, 0.4) is 0 Å². The molecule has 0 aliphatic carbocycles. The molecule has 2 unspecified atom stereocenters. The van der Waals surface area contributed by atoms with Gasteiger partial charge in [-0.25, -0.2) is 0 Å². The monoisotopic (exact) mass is 306 g/mol. The van der Waals surface area contributed by atoms with Crippen molar-refractivity contribution in [2.45, 2.75) is 32.3 Å².